The quantitative estimate of drug-likeness (QED) is 0.797. The van der Waals surface area contributed by atoms with E-state index in [0.717, 1.165) is 6.42 Å². The zero-order valence-corrected chi connectivity index (χ0v) is 14.0. The van der Waals surface area contributed by atoms with Crippen molar-refractivity contribution in [3.63, 3.8) is 0 Å². The van der Waals surface area contributed by atoms with Crippen molar-refractivity contribution in [2.24, 2.45) is 5.92 Å². The Balaban J connectivity index is 1.52. The molecule has 1 aromatic rings. The van der Waals surface area contributed by atoms with E-state index < -0.39 is 0 Å². The van der Waals surface area contributed by atoms with Gasteiger partial charge in [0.25, 0.3) is 0 Å². The molecule has 3 nitrogen and oxygen atoms in total. The Bertz CT molecular complexity index is 572. The van der Waals surface area contributed by atoms with E-state index in [1.165, 1.54) is 37.7 Å². The zero-order valence-electron chi connectivity index (χ0n) is 14.0. The van der Waals surface area contributed by atoms with Crippen LogP contribution in [0.15, 0.2) is 30.3 Å². The Kier molecular flexibility index (Phi) is 3.92. The number of rotatable bonds is 6. The number of unbranched alkanes of at least 4 members (excludes halogenated alkanes) is 1. The summed E-state index contributed by atoms with van der Waals surface area (Å²) in [6.45, 7) is 2.92. The molecule has 4 rings (SSSR count). The number of hydrogen-bond donors (Lipinski definition) is 0. The van der Waals surface area contributed by atoms with Gasteiger partial charge in [0.05, 0.1) is 12.7 Å². The summed E-state index contributed by atoms with van der Waals surface area (Å²) in [6, 6.07) is 10.8. The van der Waals surface area contributed by atoms with E-state index in [-0.39, 0.29) is 11.6 Å². The molecular weight excluding hydrogens is 286 g/mol. The third kappa shape index (κ3) is 2.40. The zero-order chi connectivity index (χ0) is 15.9. The van der Waals surface area contributed by atoms with Crippen LogP contribution in [0, 0.1) is 5.92 Å². The fraction of sp³-hybridized carbons (Fsp3) is 0.650. The third-order valence-corrected chi connectivity index (χ3v) is 6.33. The normalized spacial score (nSPS) is 35.1. The number of ether oxygens (including phenoxy) is 1. The van der Waals surface area contributed by atoms with Gasteiger partial charge in [-0.2, -0.15) is 0 Å². The van der Waals surface area contributed by atoms with Crippen molar-refractivity contribution in [1.29, 1.82) is 0 Å². The Morgan fingerprint density at radius 1 is 1.30 bits per heavy atom. The first kappa shape index (κ1) is 15.2. The van der Waals surface area contributed by atoms with Crippen molar-refractivity contribution in [1.82, 2.24) is 4.90 Å². The molecule has 0 radical (unpaired) electrons. The van der Waals surface area contributed by atoms with E-state index in [1.54, 1.807) is 0 Å². The molecule has 4 atom stereocenters. The second-order valence-corrected chi connectivity index (χ2v) is 7.54. The fourth-order valence-electron chi connectivity index (χ4n) is 5.33. The van der Waals surface area contributed by atoms with E-state index in [0.29, 0.717) is 30.9 Å². The van der Waals surface area contributed by atoms with Gasteiger partial charge in [-0.15, -0.1) is 0 Å². The highest BCUT2D eigenvalue weighted by Crippen LogP contribution is 2.56. The van der Waals surface area contributed by atoms with Gasteiger partial charge in [0, 0.05) is 23.9 Å². The Morgan fingerprint density at radius 2 is 2.13 bits per heavy atom. The van der Waals surface area contributed by atoms with Crippen LogP contribution >= 0.6 is 0 Å². The molecule has 3 aliphatic heterocycles. The van der Waals surface area contributed by atoms with Crippen molar-refractivity contribution in [2.45, 2.75) is 76.2 Å². The highest BCUT2D eigenvalue weighted by Gasteiger charge is 2.63. The summed E-state index contributed by atoms with van der Waals surface area (Å²) in [7, 11) is 0. The number of carbonyl (C=O) groups is 1. The minimum atomic E-state index is 0.122. The van der Waals surface area contributed by atoms with Crippen LogP contribution in [0.2, 0.25) is 0 Å². The number of hydrogen-bond acceptors (Lipinski definition) is 2. The van der Waals surface area contributed by atoms with E-state index in [2.05, 4.69) is 36.1 Å². The predicted molar refractivity (Wildman–Crippen MR) is 89.9 cm³/mol. The number of amides is 1. The maximum Gasteiger partial charge on any atom is 0.223 e. The van der Waals surface area contributed by atoms with Crippen LogP contribution in [0.5, 0.6) is 0 Å². The van der Waals surface area contributed by atoms with Crippen LogP contribution in [-0.4, -0.2) is 28.5 Å². The number of piperidine rings is 1. The van der Waals surface area contributed by atoms with Crippen molar-refractivity contribution in [2.75, 3.05) is 0 Å². The molecule has 0 aliphatic carbocycles. The third-order valence-electron chi connectivity index (χ3n) is 6.33. The van der Waals surface area contributed by atoms with Gasteiger partial charge >= 0.3 is 0 Å². The summed E-state index contributed by atoms with van der Waals surface area (Å²) in [5, 5.41) is 0. The summed E-state index contributed by atoms with van der Waals surface area (Å²) in [4.78, 5) is 14.9. The summed E-state index contributed by atoms with van der Waals surface area (Å²) in [5.41, 5.74) is 1.35. The minimum Gasteiger partial charge on any atom is -0.373 e. The summed E-state index contributed by atoms with van der Waals surface area (Å²) in [5.74, 6) is 0.795. The summed E-state index contributed by atoms with van der Waals surface area (Å²) in [6.07, 6.45) is 7.96. The largest absolute Gasteiger partial charge is 0.373 e. The lowest BCUT2D eigenvalue weighted by Gasteiger charge is -2.46. The Labute approximate surface area is 139 Å². The molecule has 3 heteroatoms. The van der Waals surface area contributed by atoms with Crippen molar-refractivity contribution in [3.8, 4) is 0 Å². The van der Waals surface area contributed by atoms with Crippen LogP contribution in [-0.2, 0) is 16.1 Å². The molecule has 23 heavy (non-hydrogen) atoms. The van der Waals surface area contributed by atoms with Crippen LogP contribution in [0.25, 0.3) is 0 Å². The first-order valence-corrected chi connectivity index (χ1v) is 9.22. The van der Waals surface area contributed by atoms with E-state index in [4.69, 9.17) is 4.74 Å². The lowest BCUT2D eigenvalue weighted by atomic mass is 9.75. The van der Waals surface area contributed by atoms with E-state index >= 15 is 0 Å². The smallest absolute Gasteiger partial charge is 0.223 e. The molecule has 3 saturated heterocycles. The highest BCUT2D eigenvalue weighted by atomic mass is 16.5. The van der Waals surface area contributed by atoms with Crippen LogP contribution in [0.1, 0.15) is 57.4 Å². The number of carbonyl (C=O) groups excluding carboxylic acids is 1. The molecule has 3 fully saturated rings. The first-order valence-electron chi connectivity index (χ1n) is 9.22. The monoisotopic (exact) mass is 313 g/mol. The molecule has 1 amide bonds. The Hall–Kier alpha value is -1.35. The molecule has 3 aliphatic rings. The minimum absolute atomic E-state index is 0.122. The predicted octanol–water partition coefficient (Wildman–Crippen LogP) is 3.92. The second-order valence-electron chi connectivity index (χ2n) is 7.54. The van der Waals surface area contributed by atoms with Gasteiger partial charge in [0.15, 0.2) is 0 Å². The van der Waals surface area contributed by atoms with Crippen molar-refractivity contribution >= 4 is 5.91 Å². The van der Waals surface area contributed by atoms with Gasteiger partial charge < -0.3 is 9.64 Å². The van der Waals surface area contributed by atoms with Gasteiger partial charge in [-0.25, -0.2) is 0 Å². The van der Waals surface area contributed by atoms with Gasteiger partial charge in [0.2, 0.25) is 5.91 Å². The van der Waals surface area contributed by atoms with Crippen molar-refractivity contribution in [3.05, 3.63) is 35.9 Å². The van der Waals surface area contributed by atoms with E-state index in [9.17, 15) is 4.79 Å². The SMILES string of the molecule is CCCC[C@@]12CC[C@H]3C[C@@H](OCc4ccccc4)[C@@H]1CC(=O)N32. The van der Waals surface area contributed by atoms with Gasteiger partial charge in [-0.05, 0) is 31.2 Å². The highest BCUT2D eigenvalue weighted by molar-refractivity contribution is 5.82. The average molecular weight is 313 g/mol. The molecule has 1 aromatic carbocycles. The van der Waals surface area contributed by atoms with Gasteiger partial charge in [-0.1, -0.05) is 50.1 Å². The molecule has 0 saturated carbocycles. The molecule has 4 bridgehead atoms. The standard InChI is InChI=1S/C20H27NO2/c1-2-3-10-20-11-9-16-12-18(17(20)13-19(22)21(16)20)23-14-15-7-5-4-6-8-15/h4-8,16-18H,2-3,9-14H2,1H3/t16-,17-,18+,20+/m0/s1. The van der Waals surface area contributed by atoms with Crippen LogP contribution < -0.4 is 0 Å². The van der Waals surface area contributed by atoms with Gasteiger partial charge in [0.1, 0.15) is 0 Å². The fourth-order valence-corrected chi connectivity index (χ4v) is 5.33. The summed E-state index contributed by atoms with van der Waals surface area (Å²) < 4.78 is 6.35. The lowest BCUT2D eigenvalue weighted by Crippen LogP contribution is -2.55. The average Bonchev–Trinajstić information content (AvgIpc) is 2.97. The van der Waals surface area contributed by atoms with Crippen molar-refractivity contribution < 1.29 is 9.53 Å². The van der Waals surface area contributed by atoms with Crippen LogP contribution in [0.4, 0.5) is 0 Å². The molecule has 0 unspecified atom stereocenters. The lowest BCUT2D eigenvalue weighted by molar-refractivity contribution is -0.135. The maximum atomic E-state index is 12.6. The molecule has 0 N–H and O–H groups in total. The Morgan fingerprint density at radius 3 is 2.91 bits per heavy atom. The number of nitrogens with zero attached hydrogens (tertiary/aromatic N) is 1. The first-order chi connectivity index (χ1) is 11.2. The second kappa shape index (κ2) is 5.94. The number of benzene rings is 1. The summed E-state index contributed by atoms with van der Waals surface area (Å²) >= 11 is 0. The molecular formula is C20H27NO2. The van der Waals surface area contributed by atoms with E-state index in [1.807, 2.05) is 6.07 Å². The maximum absolute atomic E-state index is 12.6. The molecule has 3 heterocycles. The topological polar surface area (TPSA) is 29.5 Å². The van der Waals surface area contributed by atoms with Crippen LogP contribution in [0.3, 0.4) is 0 Å². The molecule has 124 valence electrons. The van der Waals surface area contributed by atoms with Gasteiger partial charge in [-0.3, -0.25) is 4.79 Å². The molecule has 0 spiro atoms. The molecule has 0 aromatic heterocycles.